The van der Waals surface area contributed by atoms with Gasteiger partial charge in [-0.05, 0) is 57.0 Å². The van der Waals surface area contributed by atoms with Gasteiger partial charge in [-0.15, -0.1) is 24.0 Å². The first-order chi connectivity index (χ1) is 12.3. The highest BCUT2D eigenvalue weighted by Gasteiger charge is 2.35. The van der Waals surface area contributed by atoms with Gasteiger partial charge < -0.3 is 15.4 Å². The predicted octanol–water partition coefficient (Wildman–Crippen LogP) is 3.73. The minimum Gasteiger partial charge on any atom is -0.377 e. The molecule has 0 aromatic rings. The third-order valence-corrected chi connectivity index (χ3v) is 6.06. The third kappa shape index (κ3) is 8.05. The van der Waals surface area contributed by atoms with E-state index in [4.69, 9.17) is 4.74 Å². The maximum atomic E-state index is 6.10. The van der Waals surface area contributed by atoms with Gasteiger partial charge in [0.1, 0.15) is 0 Å². The lowest BCUT2D eigenvalue weighted by Crippen LogP contribution is -2.50. The standard InChI is InChI=1S/C21H42N4O.HI/c1-16-9-11-25(12-10-16)17(2)14-23-20(22-6)24-15-18-8-7-13-26-19(18)21(3,4)5;/h16-19H,7-15H2,1-6H3,(H2,22,23,24);1H. The average Bonchev–Trinajstić information content (AvgIpc) is 2.61. The molecule has 2 heterocycles. The highest BCUT2D eigenvalue weighted by molar-refractivity contribution is 14.0. The molecule has 0 radical (unpaired) electrons. The van der Waals surface area contributed by atoms with Gasteiger partial charge >= 0.3 is 0 Å². The van der Waals surface area contributed by atoms with Gasteiger partial charge in [0.05, 0.1) is 6.10 Å². The minimum atomic E-state index is 0. The number of hydrogen-bond acceptors (Lipinski definition) is 3. The van der Waals surface area contributed by atoms with E-state index in [1.807, 2.05) is 7.05 Å². The summed E-state index contributed by atoms with van der Waals surface area (Å²) in [6, 6.07) is 0.543. The molecule has 160 valence electrons. The molecule has 2 N–H and O–H groups in total. The smallest absolute Gasteiger partial charge is 0.191 e. The van der Waals surface area contributed by atoms with Crippen molar-refractivity contribution in [2.45, 2.75) is 72.4 Å². The number of guanidine groups is 1. The van der Waals surface area contributed by atoms with Gasteiger partial charge in [0.2, 0.25) is 0 Å². The molecule has 3 unspecified atom stereocenters. The van der Waals surface area contributed by atoms with Gasteiger partial charge in [0, 0.05) is 38.7 Å². The summed E-state index contributed by atoms with van der Waals surface area (Å²) in [6.07, 6.45) is 5.36. The Balaban J connectivity index is 0.00000364. The Kier molecular flexibility index (Phi) is 10.9. The third-order valence-electron chi connectivity index (χ3n) is 6.06. The van der Waals surface area contributed by atoms with Crippen LogP contribution in [0.2, 0.25) is 0 Å². The van der Waals surface area contributed by atoms with E-state index in [0.29, 0.717) is 18.1 Å². The van der Waals surface area contributed by atoms with Gasteiger partial charge in [-0.2, -0.15) is 0 Å². The second kappa shape index (κ2) is 11.8. The molecule has 0 aromatic heterocycles. The molecule has 0 aromatic carbocycles. The summed E-state index contributed by atoms with van der Waals surface area (Å²) in [5.74, 6) is 2.35. The van der Waals surface area contributed by atoms with Crippen molar-refractivity contribution in [1.82, 2.24) is 15.5 Å². The van der Waals surface area contributed by atoms with Gasteiger partial charge in [0.15, 0.2) is 5.96 Å². The zero-order valence-corrected chi connectivity index (χ0v) is 20.7. The van der Waals surface area contributed by atoms with Crippen LogP contribution in [0.1, 0.15) is 60.3 Å². The van der Waals surface area contributed by atoms with E-state index in [0.717, 1.165) is 38.0 Å². The summed E-state index contributed by atoms with van der Waals surface area (Å²) in [5, 5.41) is 7.07. The van der Waals surface area contributed by atoms with Crippen LogP contribution >= 0.6 is 24.0 Å². The lowest BCUT2D eigenvalue weighted by Gasteiger charge is -2.40. The fourth-order valence-corrected chi connectivity index (χ4v) is 4.30. The van der Waals surface area contributed by atoms with Crippen molar-refractivity contribution in [2.75, 3.05) is 39.8 Å². The summed E-state index contributed by atoms with van der Waals surface area (Å²) < 4.78 is 6.10. The number of rotatable bonds is 5. The quantitative estimate of drug-likeness (QED) is 0.348. The Hall–Kier alpha value is -0.0800. The van der Waals surface area contributed by atoms with Crippen LogP contribution in [-0.2, 0) is 4.74 Å². The molecule has 2 aliphatic heterocycles. The van der Waals surface area contributed by atoms with E-state index in [-0.39, 0.29) is 29.4 Å². The van der Waals surface area contributed by atoms with Crippen molar-refractivity contribution in [2.24, 2.45) is 22.2 Å². The van der Waals surface area contributed by atoms with Crippen molar-refractivity contribution in [3.8, 4) is 0 Å². The van der Waals surface area contributed by atoms with Crippen molar-refractivity contribution in [1.29, 1.82) is 0 Å². The van der Waals surface area contributed by atoms with Crippen LogP contribution in [0.25, 0.3) is 0 Å². The molecule has 3 atom stereocenters. The van der Waals surface area contributed by atoms with Crippen LogP contribution in [0.3, 0.4) is 0 Å². The van der Waals surface area contributed by atoms with E-state index in [1.54, 1.807) is 0 Å². The van der Waals surface area contributed by atoms with Gasteiger partial charge in [-0.3, -0.25) is 9.89 Å². The number of hydrogen-bond donors (Lipinski definition) is 2. The number of nitrogens with one attached hydrogen (secondary N) is 2. The molecule has 2 aliphatic rings. The molecule has 0 amide bonds. The van der Waals surface area contributed by atoms with Crippen molar-refractivity contribution in [3.05, 3.63) is 0 Å². The van der Waals surface area contributed by atoms with Crippen LogP contribution in [-0.4, -0.2) is 62.8 Å². The molecule has 0 saturated carbocycles. The number of aliphatic imine (C=N–C) groups is 1. The molecular weight excluding hydrogens is 451 g/mol. The van der Waals surface area contributed by atoms with Gasteiger partial charge in [-0.25, -0.2) is 0 Å². The van der Waals surface area contributed by atoms with E-state index in [9.17, 15) is 0 Å². The average molecular weight is 495 g/mol. The van der Waals surface area contributed by atoms with E-state index >= 15 is 0 Å². The number of ether oxygens (including phenoxy) is 1. The zero-order valence-electron chi connectivity index (χ0n) is 18.4. The Morgan fingerprint density at radius 1 is 1.19 bits per heavy atom. The molecule has 5 nitrogen and oxygen atoms in total. The first-order valence-corrected chi connectivity index (χ1v) is 10.6. The summed E-state index contributed by atoms with van der Waals surface area (Å²) in [7, 11) is 1.86. The Labute approximate surface area is 184 Å². The highest BCUT2D eigenvalue weighted by atomic mass is 127. The monoisotopic (exact) mass is 494 g/mol. The zero-order chi connectivity index (χ0) is 19.2. The summed E-state index contributed by atoms with van der Waals surface area (Å²) >= 11 is 0. The van der Waals surface area contributed by atoms with Gasteiger partial charge in [0.25, 0.3) is 0 Å². The van der Waals surface area contributed by atoms with Crippen molar-refractivity contribution >= 4 is 29.9 Å². The first-order valence-electron chi connectivity index (χ1n) is 10.6. The SMILES string of the molecule is CN=C(NCC1CCCOC1C(C)(C)C)NCC(C)N1CCC(C)CC1.I. The predicted molar refractivity (Wildman–Crippen MR) is 126 cm³/mol. The maximum absolute atomic E-state index is 6.10. The van der Waals surface area contributed by atoms with Crippen LogP contribution in [0, 0.1) is 17.3 Å². The van der Waals surface area contributed by atoms with E-state index < -0.39 is 0 Å². The molecule has 6 heteroatoms. The molecule has 2 rings (SSSR count). The Bertz CT molecular complexity index is 444. The Morgan fingerprint density at radius 3 is 2.44 bits per heavy atom. The number of nitrogens with zero attached hydrogens (tertiary/aromatic N) is 2. The summed E-state index contributed by atoms with van der Waals surface area (Å²) in [6.45, 7) is 16.8. The summed E-state index contributed by atoms with van der Waals surface area (Å²) in [5.41, 5.74) is 0.184. The van der Waals surface area contributed by atoms with Crippen LogP contribution in [0.5, 0.6) is 0 Å². The van der Waals surface area contributed by atoms with E-state index in [1.165, 1.54) is 32.4 Å². The number of piperidine rings is 1. The largest absolute Gasteiger partial charge is 0.377 e. The first kappa shape index (κ1) is 25.0. The molecule has 27 heavy (non-hydrogen) atoms. The molecule has 2 saturated heterocycles. The molecule has 0 spiro atoms. The summed E-state index contributed by atoms with van der Waals surface area (Å²) in [4.78, 5) is 7.03. The molecule has 0 bridgehead atoms. The molecule has 0 aliphatic carbocycles. The minimum absolute atomic E-state index is 0. The number of likely N-dealkylation sites (tertiary alicyclic amines) is 1. The lowest BCUT2D eigenvalue weighted by atomic mass is 9.78. The number of halogens is 1. The van der Waals surface area contributed by atoms with E-state index in [2.05, 4.69) is 55.1 Å². The van der Waals surface area contributed by atoms with Crippen molar-refractivity contribution < 1.29 is 4.74 Å². The van der Waals surface area contributed by atoms with Crippen LogP contribution < -0.4 is 10.6 Å². The topological polar surface area (TPSA) is 48.9 Å². The molecular formula is C21H43IN4O. The van der Waals surface area contributed by atoms with Gasteiger partial charge in [-0.1, -0.05) is 27.7 Å². The maximum Gasteiger partial charge on any atom is 0.191 e. The fraction of sp³-hybridized carbons (Fsp3) is 0.952. The van der Waals surface area contributed by atoms with Crippen LogP contribution in [0.4, 0.5) is 0 Å². The lowest BCUT2D eigenvalue weighted by molar-refractivity contribution is -0.0835. The van der Waals surface area contributed by atoms with Crippen molar-refractivity contribution in [3.63, 3.8) is 0 Å². The second-order valence-corrected chi connectivity index (χ2v) is 9.46. The fourth-order valence-electron chi connectivity index (χ4n) is 4.30. The normalized spacial score (nSPS) is 27.0. The van der Waals surface area contributed by atoms with Crippen LogP contribution in [0.15, 0.2) is 4.99 Å². The Morgan fingerprint density at radius 2 is 1.85 bits per heavy atom. The molecule has 2 fully saturated rings. The second-order valence-electron chi connectivity index (χ2n) is 9.46. The highest BCUT2D eigenvalue weighted by Crippen LogP contribution is 2.33.